The average molecular weight is 352 g/mol. The monoisotopic (exact) mass is 352 g/mol. The van der Waals surface area contributed by atoms with E-state index in [1.807, 2.05) is 26.8 Å². The molecule has 1 amide bonds. The molecule has 0 aliphatic rings. The molecule has 0 fully saturated rings. The first-order valence-electron chi connectivity index (χ1n) is 9.08. The summed E-state index contributed by atoms with van der Waals surface area (Å²) >= 11 is 0. The first-order valence-corrected chi connectivity index (χ1v) is 9.08. The molecule has 0 saturated carbocycles. The van der Waals surface area contributed by atoms with Crippen molar-refractivity contribution in [1.29, 1.82) is 0 Å². The van der Waals surface area contributed by atoms with E-state index in [1.54, 1.807) is 12.1 Å². The summed E-state index contributed by atoms with van der Waals surface area (Å²) in [6.07, 6.45) is 1.93. The molecule has 0 radical (unpaired) electrons. The molecule has 0 saturated heterocycles. The van der Waals surface area contributed by atoms with Crippen molar-refractivity contribution in [3.8, 4) is 0 Å². The van der Waals surface area contributed by atoms with Gasteiger partial charge in [-0.05, 0) is 64.7 Å². The molecule has 1 atom stereocenters. The van der Waals surface area contributed by atoms with Crippen LogP contribution in [-0.4, -0.2) is 29.8 Å². The number of ether oxygens (including phenoxy) is 1. The minimum Gasteiger partial charge on any atom is -0.444 e. The number of alkyl carbamates (subject to hydrolysis) is 1. The number of amides is 1. The van der Waals surface area contributed by atoms with Crippen LogP contribution in [0, 0.1) is 5.82 Å². The molecule has 0 aromatic heterocycles. The van der Waals surface area contributed by atoms with E-state index < -0.39 is 11.7 Å². The van der Waals surface area contributed by atoms with Gasteiger partial charge in [-0.2, -0.15) is 0 Å². The fourth-order valence-electron chi connectivity index (χ4n) is 2.70. The molecule has 1 rings (SSSR count). The van der Waals surface area contributed by atoms with Gasteiger partial charge in [-0.15, -0.1) is 0 Å². The van der Waals surface area contributed by atoms with Crippen molar-refractivity contribution in [2.75, 3.05) is 6.54 Å². The predicted molar refractivity (Wildman–Crippen MR) is 100 cm³/mol. The third-order valence-corrected chi connectivity index (χ3v) is 4.34. The first-order chi connectivity index (χ1) is 11.6. The van der Waals surface area contributed by atoms with Crippen LogP contribution in [-0.2, 0) is 11.2 Å². The molecule has 142 valence electrons. The Balaban J connectivity index is 2.62. The Morgan fingerprint density at radius 3 is 2.40 bits per heavy atom. The summed E-state index contributed by atoms with van der Waals surface area (Å²) in [6, 6.07) is 6.83. The van der Waals surface area contributed by atoms with E-state index in [4.69, 9.17) is 4.74 Å². The summed E-state index contributed by atoms with van der Waals surface area (Å²) in [5.41, 5.74) is 0.0761. The topological polar surface area (TPSA) is 50.4 Å². The van der Waals surface area contributed by atoms with Gasteiger partial charge in [0.1, 0.15) is 11.4 Å². The third kappa shape index (κ3) is 7.86. The number of rotatable bonds is 8. The van der Waals surface area contributed by atoms with Crippen LogP contribution in [0.5, 0.6) is 0 Å². The van der Waals surface area contributed by atoms with Crippen molar-refractivity contribution < 1.29 is 13.9 Å². The molecule has 0 spiro atoms. The van der Waals surface area contributed by atoms with Gasteiger partial charge in [-0.1, -0.05) is 26.0 Å². The number of carbonyl (C=O) groups excluding carboxylic acids is 1. The van der Waals surface area contributed by atoms with Crippen molar-refractivity contribution in [1.82, 2.24) is 10.6 Å². The van der Waals surface area contributed by atoms with E-state index in [0.717, 1.165) is 24.8 Å². The lowest BCUT2D eigenvalue weighted by Crippen LogP contribution is -2.56. The third-order valence-electron chi connectivity index (χ3n) is 4.34. The Hall–Kier alpha value is -1.62. The lowest BCUT2D eigenvalue weighted by Gasteiger charge is -2.35. The number of nitrogens with one attached hydrogen (secondary N) is 2. The van der Waals surface area contributed by atoms with Gasteiger partial charge in [0.05, 0.1) is 5.54 Å². The SMILES string of the molecule is CCC(CC)(CNC(C)Cc1cccc(F)c1)NC(=O)OC(C)(C)C. The van der Waals surface area contributed by atoms with E-state index in [9.17, 15) is 9.18 Å². The average Bonchev–Trinajstić information content (AvgIpc) is 2.50. The van der Waals surface area contributed by atoms with E-state index >= 15 is 0 Å². The molecule has 1 aromatic rings. The molecule has 0 heterocycles. The molecule has 4 nitrogen and oxygen atoms in total. The van der Waals surface area contributed by atoms with Gasteiger partial charge in [-0.25, -0.2) is 9.18 Å². The van der Waals surface area contributed by atoms with Crippen molar-refractivity contribution >= 4 is 6.09 Å². The fraction of sp³-hybridized carbons (Fsp3) is 0.650. The molecule has 25 heavy (non-hydrogen) atoms. The van der Waals surface area contributed by atoms with E-state index in [2.05, 4.69) is 31.4 Å². The largest absolute Gasteiger partial charge is 0.444 e. The normalized spacial score (nSPS) is 13.4. The molecule has 0 aliphatic heterocycles. The Bertz CT molecular complexity index is 551. The van der Waals surface area contributed by atoms with Gasteiger partial charge in [0.2, 0.25) is 0 Å². The van der Waals surface area contributed by atoms with Crippen LogP contribution < -0.4 is 10.6 Å². The van der Waals surface area contributed by atoms with Crippen LogP contribution >= 0.6 is 0 Å². The summed E-state index contributed by atoms with van der Waals surface area (Å²) in [6.45, 7) is 12.4. The number of benzene rings is 1. The number of hydrogen-bond acceptors (Lipinski definition) is 3. The zero-order valence-electron chi connectivity index (χ0n) is 16.4. The van der Waals surface area contributed by atoms with Gasteiger partial charge >= 0.3 is 6.09 Å². The molecule has 1 unspecified atom stereocenters. The molecule has 1 aromatic carbocycles. The predicted octanol–water partition coefficient (Wildman–Crippen LogP) is 4.43. The summed E-state index contributed by atoms with van der Waals surface area (Å²) in [5, 5.41) is 6.50. The van der Waals surface area contributed by atoms with Crippen LogP contribution in [0.25, 0.3) is 0 Å². The maximum Gasteiger partial charge on any atom is 0.408 e. The van der Waals surface area contributed by atoms with Crippen molar-refractivity contribution in [3.05, 3.63) is 35.6 Å². The highest BCUT2D eigenvalue weighted by Gasteiger charge is 2.30. The minimum atomic E-state index is -0.518. The summed E-state index contributed by atoms with van der Waals surface area (Å²) in [7, 11) is 0. The molecular formula is C20H33FN2O2. The smallest absolute Gasteiger partial charge is 0.408 e. The van der Waals surface area contributed by atoms with Crippen LogP contribution in [0.1, 0.15) is 59.9 Å². The zero-order valence-corrected chi connectivity index (χ0v) is 16.4. The number of hydrogen-bond donors (Lipinski definition) is 2. The lowest BCUT2D eigenvalue weighted by molar-refractivity contribution is 0.0444. The van der Waals surface area contributed by atoms with Crippen LogP contribution in [0.3, 0.4) is 0 Å². The maximum absolute atomic E-state index is 13.3. The van der Waals surface area contributed by atoms with E-state index in [-0.39, 0.29) is 17.4 Å². The molecular weight excluding hydrogens is 319 g/mol. The van der Waals surface area contributed by atoms with Gasteiger partial charge in [0, 0.05) is 12.6 Å². The highest BCUT2D eigenvalue weighted by molar-refractivity contribution is 5.68. The Morgan fingerprint density at radius 2 is 1.88 bits per heavy atom. The quantitative estimate of drug-likeness (QED) is 0.728. The Morgan fingerprint density at radius 1 is 1.24 bits per heavy atom. The maximum atomic E-state index is 13.3. The molecule has 0 aliphatic carbocycles. The Labute approximate surface area is 151 Å². The Kier molecular flexibility index (Phi) is 7.87. The highest BCUT2D eigenvalue weighted by atomic mass is 19.1. The van der Waals surface area contributed by atoms with E-state index in [1.165, 1.54) is 6.07 Å². The first kappa shape index (κ1) is 21.4. The second-order valence-corrected chi connectivity index (χ2v) is 7.73. The molecule has 5 heteroatoms. The van der Waals surface area contributed by atoms with Gasteiger partial charge in [0.25, 0.3) is 0 Å². The molecule has 2 N–H and O–H groups in total. The second kappa shape index (κ2) is 9.18. The highest BCUT2D eigenvalue weighted by Crippen LogP contribution is 2.17. The summed E-state index contributed by atoms with van der Waals surface area (Å²) in [4.78, 5) is 12.2. The van der Waals surface area contributed by atoms with Crippen molar-refractivity contribution in [3.63, 3.8) is 0 Å². The lowest BCUT2D eigenvalue weighted by atomic mass is 9.92. The number of halogens is 1. The van der Waals surface area contributed by atoms with Crippen LogP contribution in [0.2, 0.25) is 0 Å². The summed E-state index contributed by atoms with van der Waals surface area (Å²) in [5.74, 6) is -0.215. The second-order valence-electron chi connectivity index (χ2n) is 7.73. The standard InChI is InChI=1S/C20H33FN2O2/c1-7-20(8-2,23-18(24)25-19(4,5)6)14-22-15(3)12-16-10-9-11-17(21)13-16/h9-11,13,15,22H,7-8,12,14H2,1-6H3,(H,23,24). The van der Waals surface area contributed by atoms with E-state index in [0.29, 0.717) is 6.54 Å². The number of carbonyl (C=O) groups is 1. The van der Waals surface area contributed by atoms with Gasteiger partial charge in [-0.3, -0.25) is 0 Å². The molecule has 0 bridgehead atoms. The fourth-order valence-corrected chi connectivity index (χ4v) is 2.70. The minimum absolute atomic E-state index is 0.166. The summed E-state index contributed by atoms with van der Waals surface area (Å²) < 4.78 is 18.7. The van der Waals surface area contributed by atoms with Crippen LogP contribution in [0.4, 0.5) is 9.18 Å². The van der Waals surface area contributed by atoms with Crippen molar-refractivity contribution in [2.24, 2.45) is 0 Å². The van der Waals surface area contributed by atoms with Gasteiger partial charge < -0.3 is 15.4 Å². The van der Waals surface area contributed by atoms with Crippen molar-refractivity contribution in [2.45, 2.75) is 78.0 Å². The van der Waals surface area contributed by atoms with Crippen LogP contribution in [0.15, 0.2) is 24.3 Å². The van der Waals surface area contributed by atoms with Gasteiger partial charge in [0.15, 0.2) is 0 Å². The zero-order chi connectivity index (χ0) is 19.1.